The van der Waals surface area contributed by atoms with E-state index in [1.54, 1.807) is 0 Å². The Morgan fingerprint density at radius 2 is 1.30 bits per heavy atom. The van der Waals surface area contributed by atoms with Gasteiger partial charge >= 0.3 is 5.69 Å². The Bertz CT molecular complexity index is 2070. The minimum atomic E-state index is -4.90. The average Bonchev–Trinajstić information content (AvgIpc) is 2.86. The molecule has 0 radical (unpaired) electrons. The number of aryl methyl sites for hydroxylation is 1. The topological polar surface area (TPSA) is 270 Å². The number of aromatic nitrogens is 3. The highest BCUT2D eigenvalue weighted by Gasteiger charge is 2.26. The molecule has 44 heavy (non-hydrogen) atoms. The van der Waals surface area contributed by atoms with Gasteiger partial charge in [0.25, 0.3) is 25.9 Å². The molecule has 0 atom stereocenters. The third kappa shape index (κ3) is 7.27. The van der Waals surface area contributed by atoms with Crippen molar-refractivity contribution in [3.05, 3.63) is 85.4 Å². The van der Waals surface area contributed by atoms with Crippen molar-refractivity contribution < 1.29 is 40.2 Å². The maximum absolute atomic E-state index is 14.3. The number of nitro groups is 2. The predicted molar refractivity (Wildman–Crippen MR) is 152 cm³/mol. The Labute approximate surface area is 250 Å². The summed E-state index contributed by atoms with van der Waals surface area (Å²) in [6.07, 6.45) is 0. The lowest BCUT2D eigenvalue weighted by Gasteiger charge is -2.14. The summed E-state index contributed by atoms with van der Waals surface area (Å²) < 4.78 is 80.3. The average molecular weight is 671 g/mol. The van der Waals surface area contributed by atoms with Gasteiger partial charge in [0.05, 0.1) is 26.5 Å². The van der Waals surface area contributed by atoms with Crippen LogP contribution in [0.25, 0.3) is 0 Å². The molecule has 18 nitrogen and oxygen atoms in total. The van der Waals surface area contributed by atoms with Crippen molar-refractivity contribution >= 4 is 77.9 Å². The number of anilines is 6. The summed E-state index contributed by atoms with van der Waals surface area (Å²) in [4.78, 5) is 31.0. The number of halogens is 2. The van der Waals surface area contributed by atoms with Crippen molar-refractivity contribution in [2.24, 2.45) is 0 Å². The van der Waals surface area contributed by atoms with Gasteiger partial charge in [-0.05, 0) is 60.5 Å². The number of hydrogen-bond acceptors (Lipinski definition) is 14. The van der Waals surface area contributed by atoms with Crippen LogP contribution in [0.5, 0.6) is 0 Å². The van der Waals surface area contributed by atoms with Crippen LogP contribution in [0.15, 0.2) is 58.3 Å². The lowest BCUT2D eigenvalue weighted by atomic mass is 10.2. The van der Waals surface area contributed by atoms with E-state index in [1.807, 2.05) is 0 Å². The molecule has 0 saturated carbocycles. The Morgan fingerprint density at radius 3 is 1.84 bits per heavy atom. The summed E-state index contributed by atoms with van der Waals surface area (Å²) >= 11 is 5.98. The lowest BCUT2D eigenvalue weighted by molar-refractivity contribution is -0.395. The fourth-order valence-corrected chi connectivity index (χ4v) is 5.25. The van der Waals surface area contributed by atoms with Gasteiger partial charge in [0, 0.05) is 17.4 Å². The van der Waals surface area contributed by atoms with Crippen LogP contribution in [0.1, 0.15) is 5.56 Å². The van der Waals surface area contributed by atoms with Gasteiger partial charge in [0.2, 0.25) is 23.0 Å². The van der Waals surface area contributed by atoms with Gasteiger partial charge in [-0.1, -0.05) is 0 Å². The molecule has 0 saturated heterocycles. The number of nitrogens with zero attached hydrogens (tertiary/aromatic N) is 5. The third-order valence-corrected chi connectivity index (χ3v) is 7.65. The molecular weight excluding hydrogens is 655 g/mol. The molecule has 1 aromatic heterocycles. The molecule has 230 valence electrons. The Hall–Kier alpha value is -5.09. The van der Waals surface area contributed by atoms with Crippen molar-refractivity contribution in [1.82, 2.24) is 15.0 Å². The number of hydrogen-bond donors (Lipinski definition) is 5. The lowest BCUT2D eigenvalue weighted by Crippen LogP contribution is -2.08. The molecule has 3 aromatic carbocycles. The van der Waals surface area contributed by atoms with Crippen molar-refractivity contribution in [3.8, 4) is 0 Å². The number of rotatable bonds is 10. The summed E-state index contributed by atoms with van der Waals surface area (Å²) in [7, 11) is -9.38. The molecule has 0 aliphatic carbocycles. The second kappa shape index (κ2) is 11.9. The molecule has 0 unspecified atom stereocenters. The molecule has 22 heteroatoms. The number of benzene rings is 3. The van der Waals surface area contributed by atoms with E-state index in [9.17, 15) is 50.6 Å². The van der Waals surface area contributed by atoms with Gasteiger partial charge < -0.3 is 16.0 Å². The normalized spacial score (nSPS) is 11.6. The predicted octanol–water partition coefficient (Wildman–Crippen LogP) is 4.51. The standard InChI is InChI=1S/C22H16ClFN8O10S2/c1-10-6-11(2-4-18(10)43(37,38)39)26-21-28-20(23)29-22(30-21)27-15-7-12(3-5-19(15)44(40,41)42)25-14-8-13(24)16(31(33)34)9-17(14)32(35)36/h2-9,25H,1H3,(H,37,38,39)(H,40,41,42)(H2,26,27,28,29,30). The molecule has 0 amide bonds. The quantitative estimate of drug-likeness (QED) is 0.0881. The van der Waals surface area contributed by atoms with Crippen LogP contribution >= 0.6 is 11.6 Å². The van der Waals surface area contributed by atoms with Crippen molar-refractivity contribution in [2.75, 3.05) is 16.0 Å². The molecule has 0 aliphatic heterocycles. The third-order valence-electron chi connectivity index (χ3n) is 5.56. The molecule has 0 aliphatic rings. The smallest absolute Gasteiger partial charge is 0.311 e. The highest BCUT2D eigenvalue weighted by Crippen LogP contribution is 2.36. The molecule has 0 bridgehead atoms. The van der Waals surface area contributed by atoms with E-state index in [0.717, 1.165) is 24.3 Å². The second-order valence-electron chi connectivity index (χ2n) is 8.60. The van der Waals surface area contributed by atoms with Crippen molar-refractivity contribution in [3.63, 3.8) is 0 Å². The van der Waals surface area contributed by atoms with Crippen LogP contribution in [0.2, 0.25) is 5.28 Å². The first-order valence-electron chi connectivity index (χ1n) is 11.5. The monoisotopic (exact) mass is 670 g/mol. The van der Waals surface area contributed by atoms with Gasteiger partial charge in [0.1, 0.15) is 10.6 Å². The zero-order chi connectivity index (χ0) is 32.6. The molecule has 0 spiro atoms. The summed E-state index contributed by atoms with van der Waals surface area (Å²) in [6.45, 7) is 1.42. The van der Waals surface area contributed by atoms with Crippen LogP contribution in [0.3, 0.4) is 0 Å². The van der Waals surface area contributed by atoms with Gasteiger partial charge in [0.15, 0.2) is 0 Å². The van der Waals surface area contributed by atoms with Gasteiger partial charge in [-0.25, -0.2) is 0 Å². The SMILES string of the molecule is Cc1cc(Nc2nc(Cl)nc(Nc3cc(Nc4cc(F)c([N+](=O)[O-])cc4[N+](=O)[O-])ccc3S(=O)(=O)O)n2)ccc1S(=O)(=O)O. The van der Waals surface area contributed by atoms with Crippen molar-refractivity contribution in [1.29, 1.82) is 0 Å². The summed E-state index contributed by atoms with van der Waals surface area (Å²) in [5.41, 5.74) is -2.61. The molecular formula is C22H16ClFN8O10S2. The van der Waals surface area contributed by atoms with Crippen molar-refractivity contribution in [2.45, 2.75) is 16.7 Å². The highest BCUT2D eigenvalue weighted by molar-refractivity contribution is 7.86. The Morgan fingerprint density at radius 1 is 0.750 bits per heavy atom. The Kier molecular flexibility index (Phi) is 8.60. The fraction of sp³-hybridized carbons (Fsp3) is 0.0455. The van der Waals surface area contributed by atoms with E-state index in [0.29, 0.717) is 12.1 Å². The number of nitro benzene ring substituents is 2. The zero-order valence-corrected chi connectivity index (χ0v) is 24.0. The highest BCUT2D eigenvalue weighted by atomic mass is 35.5. The minimum Gasteiger partial charge on any atom is -0.350 e. The van der Waals surface area contributed by atoms with E-state index in [1.165, 1.54) is 19.1 Å². The first-order valence-corrected chi connectivity index (χ1v) is 14.7. The van der Waals surface area contributed by atoms with Crippen LogP contribution < -0.4 is 16.0 Å². The maximum atomic E-state index is 14.3. The number of nitrogens with one attached hydrogen (secondary N) is 3. The molecule has 1 heterocycles. The second-order valence-corrected chi connectivity index (χ2v) is 11.7. The zero-order valence-electron chi connectivity index (χ0n) is 21.6. The summed E-state index contributed by atoms with van der Waals surface area (Å²) in [5.74, 6) is -1.99. The van der Waals surface area contributed by atoms with E-state index >= 15 is 0 Å². The summed E-state index contributed by atoms with van der Waals surface area (Å²) in [5, 5.41) is 29.8. The Balaban J connectivity index is 1.70. The van der Waals surface area contributed by atoms with E-state index < -0.39 is 68.8 Å². The van der Waals surface area contributed by atoms with Gasteiger partial charge in [-0.3, -0.25) is 29.3 Å². The summed E-state index contributed by atoms with van der Waals surface area (Å²) in [6, 6.07) is 7.63. The van der Waals surface area contributed by atoms with Crippen LogP contribution in [-0.2, 0) is 20.2 Å². The van der Waals surface area contributed by atoms with E-state index in [-0.39, 0.29) is 33.7 Å². The van der Waals surface area contributed by atoms with Crippen LogP contribution in [-0.4, -0.2) is 50.7 Å². The first kappa shape index (κ1) is 31.8. The van der Waals surface area contributed by atoms with Crippen LogP contribution in [0.4, 0.5) is 50.4 Å². The molecule has 0 fully saturated rings. The van der Waals surface area contributed by atoms with Gasteiger partial charge in [-0.2, -0.15) is 36.2 Å². The van der Waals surface area contributed by atoms with Crippen LogP contribution in [0, 0.1) is 33.0 Å². The molecule has 4 aromatic rings. The maximum Gasteiger partial charge on any atom is 0.311 e. The first-order chi connectivity index (χ1) is 20.4. The fourth-order valence-electron chi connectivity index (χ4n) is 3.76. The molecule has 4 rings (SSSR count). The van der Waals surface area contributed by atoms with E-state index in [2.05, 4.69) is 30.9 Å². The van der Waals surface area contributed by atoms with Gasteiger partial charge in [-0.15, -0.1) is 0 Å². The van der Waals surface area contributed by atoms with E-state index in [4.69, 9.17) is 11.6 Å². The minimum absolute atomic E-state index is 0.107. The largest absolute Gasteiger partial charge is 0.350 e. The molecule has 5 N–H and O–H groups in total.